The Bertz CT molecular complexity index is 1020. The number of hydrogen-bond donors (Lipinski definition) is 1. The van der Waals surface area contributed by atoms with Crippen molar-refractivity contribution in [2.75, 3.05) is 31.1 Å². The van der Waals surface area contributed by atoms with Crippen molar-refractivity contribution in [3.8, 4) is 0 Å². The molecule has 0 unspecified atom stereocenters. The van der Waals surface area contributed by atoms with Crippen LogP contribution >= 0.6 is 11.6 Å². The summed E-state index contributed by atoms with van der Waals surface area (Å²) in [6, 6.07) is 12.1. The van der Waals surface area contributed by atoms with Gasteiger partial charge in [0.1, 0.15) is 0 Å². The Morgan fingerprint density at radius 1 is 1.11 bits per heavy atom. The minimum atomic E-state index is -0.404. The Morgan fingerprint density at radius 3 is 2.50 bits per heavy atom. The molecule has 144 valence electrons. The molecule has 0 spiro atoms. The van der Waals surface area contributed by atoms with Gasteiger partial charge in [0.15, 0.2) is 0 Å². The third kappa shape index (κ3) is 3.66. The average molecular weight is 399 g/mol. The highest BCUT2D eigenvalue weighted by atomic mass is 35.5. The molecule has 2 heterocycles. The molecule has 0 saturated carbocycles. The summed E-state index contributed by atoms with van der Waals surface area (Å²) in [7, 11) is 0. The van der Waals surface area contributed by atoms with Gasteiger partial charge in [-0.25, -0.2) is 0 Å². The number of H-pyrrole nitrogens is 1. The number of nitro groups is 1. The van der Waals surface area contributed by atoms with Gasteiger partial charge in [-0.1, -0.05) is 11.6 Å². The monoisotopic (exact) mass is 398 g/mol. The number of nitro benzene ring substituents is 1. The van der Waals surface area contributed by atoms with E-state index in [1.807, 2.05) is 29.3 Å². The average Bonchev–Trinajstić information content (AvgIpc) is 3.10. The number of fused-ring (bicyclic) bond motifs is 1. The SMILES string of the molecule is O=C(Cc1c[nH]c2ccc(Cl)cc12)N1CCN(c2ccc([N+](=O)[O-])cc2)CC1. The van der Waals surface area contributed by atoms with Gasteiger partial charge in [-0.15, -0.1) is 0 Å². The fourth-order valence-electron chi connectivity index (χ4n) is 3.57. The molecule has 0 atom stereocenters. The number of carbonyl (C=O) groups is 1. The maximum Gasteiger partial charge on any atom is 0.269 e. The van der Waals surface area contributed by atoms with Crippen LogP contribution in [-0.4, -0.2) is 46.9 Å². The molecule has 0 bridgehead atoms. The second kappa shape index (κ2) is 7.52. The highest BCUT2D eigenvalue weighted by Crippen LogP contribution is 2.24. The van der Waals surface area contributed by atoms with E-state index in [0.29, 0.717) is 37.6 Å². The van der Waals surface area contributed by atoms with Crippen LogP contribution < -0.4 is 4.90 Å². The number of halogens is 1. The third-order valence-corrected chi connectivity index (χ3v) is 5.36. The molecule has 4 rings (SSSR count). The van der Waals surface area contributed by atoms with E-state index in [2.05, 4.69) is 9.88 Å². The van der Waals surface area contributed by atoms with Gasteiger partial charge >= 0.3 is 0 Å². The van der Waals surface area contributed by atoms with Crippen molar-refractivity contribution < 1.29 is 9.72 Å². The van der Waals surface area contributed by atoms with Gasteiger partial charge in [-0.3, -0.25) is 14.9 Å². The Balaban J connectivity index is 1.38. The van der Waals surface area contributed by atoms with E-state index in [1.54, 1.807) is 12.1 Å². The first-order valence-corrected chi connectivity index (χ1v) is 9.42. The van der Waals surface area contributed by atoms with Crippen molar-refractivity contribution in [1.82, 2.24) is 9.88 Å². The maximum atomic E-state index is 12.7. The van der Waals surface area contributed by atoms with Crippen molar-refractivity contribution in [3.63, 3.8) is 0 Å². The fourth-order valence-corrected chi connectivity index (χ4v) is 3.74. The molecule has 2 aromatic carbocycles. The molecule has 1 amide bonds. The number of nitrogens with zero attached hydrogens (tertiary/aromatic N) is 3. The summed E-state index contributed by atoms with van der Waals surface area (Å²) in [5, 5.41) is 12.4. The number of amides is 1. The fraction of sp³-hybridized carbons (Fsp3) is 0.250. The lowest BCUT2D eigenvalue weighted by molar-refractivity contribution is -0.384. The predicted octanol–water partition coefficient (Wildman–Crippen LogP) is 3.62. The lowest BCUT2D eigenvalue weighted by Crippen LogP contribution is -2.49. The zero-order valence-electron chi connectivity index (χ0n) is 15.1. The minimum Gasteiger partial charge on any atom is -0.368 e. The number of nitrogens with one attached hydrogen (secondary N) is 1. The first kappa shape index (κ1) is 18.3. The smallest absolute Gasteiger partial charge is 0.269 e. The lowest BCUT2D eigenvalue weighted by Gasteiger charge is -2.36. The molecule has 1 aliphatic heterocycles. The number of aromatic nitrogens is 1. The molecule has 7 nitrogen and oxygen atoms in total. The van der Waals surface area contributed by atoms with E-state index < -0.39 is 4.92 Å². The van der Waals surface area contributed by atoms with Crippen LogP contribution in [0.4, 0.5) is 11.4 Å². The number of hydrogen-bond acceptors (Lipinski definition) is 4. The van der Waals surface area contributed by atoms with Crippen LogP contribution in [-0.2, 0) is 11.2 Å². The summed E-state index contributed by atoms with van der Waals surface area (Å²) < 4.78 is 0. The molecular formula is C20H19ClN4O3. The van der Waals surface area contributed by atoms with E-state index in [4.69, 9.17) is 11.6 Å². The van der Waals surface area contributed by atoms with Crippen LogP contribution in [0.1, 0.15) is 5.56 Å². The van der Waals surface area contributed by atoms with Crippen LogP contribution in [0.25, 0.3) is 10.9 Å². The molecule has 1 aliphatic rings. The summed E-state index contributed by atoms with van der Waals surface area (Å²) in [6.45, 7) is 2.64. The number of benzene rings is 2. The molecule has 0 aliphatic carbocycles. The zero-order chi connectivity index (χ0) is 19.7. The Morgan fingerprint density at radius 2 is 1.82 bits per heavy atom. The highest BCUT2D eigenvalue weighted by Gasteiger charge is 2.22. The van der Waals surface area contributed by atoms with Gasteiger partial charge in [0.2, 0.25) is 5.91 Å². The van der Waals surface area contributed by atoms with Gasteiger partial charge in [-0.05, 0) is 35.9 Å². The lowest BCUT2D eigenvalue weighted by atomic mass is 10.1. The van der Waals surface area contributed by atoms with E-state index in [1.165, 1.54) is 12.1 Å². The van der Waals surface area contributed by atoms with Crippen LogP contribution in [0, 0.1) is 10.1 Å². The minimum absolute atomic E-state index is 0.0800. The molecule has 1 saturated heterocycles. The Hall–Kier alpha value is -3.06. The van der Waals surface area contributed by atoms with Crippen molar-refractivity contribution in [1.29, 1.82) is 0 Å². The quantitative estimate of drug-likeness (QED) is 0.537. The predicted molar refractivity (Wildman–Crippen MR) is 109 cm³/mol. The van der Waals surface area contributed by atoms with Gasteiger partial charge in [0.25, 0.3) is 5.69 Å². The van der Waals surface area contributed by atoms with Gasteiger partial charge in [0.05, 0.1) is 11.3 Å². The van der Waals surface area contributed by atoms with Gasteiger partial charge < -0.3 is 14.8 Å². The van der Waals surface area contributed by atoms with Gasteiger partial charge in [-0.2, -0.15) is 0 Å². The summed E-state index contributed by atoms with van der Waals surface area (Å²) in [5.74, 6) is 0.0872. The summed E-state index contributed by atoms with van der Waals surface area (Å²) >= 11 is 6.08. The normalized spacial score (nSPS) is 14.5. The second-order valence-electron chi connectivity index (χ2n) is 6.82. The number of aromatic amines is 1. The van der Waals surface area contributed by atoms with Crippen molar-refractivity contribution in [2.45, 2.75) is 6.42 Å². The summed E-state index contributed by atoms with van der Waals surface area (Å²) in [4.78, 5) is 30.3. The summed E-state index contributed by atoms with van der Waals surface area (Å²) in [6.07, 6.45) is 2.20. The van der Waals surface area contributed by atoms with E-state index in [9.17, 15) is 14.9 Å². The van der Waals surface area contributed by atoms with E-state index >= 15 is 0 Å². The number of rotatable bonds is 4. The molecule has 1 N–H and O–H groups in total. The maximum absolute atomic E-state index is 12.7. The van der Waals surface area contributed by atoms with Crippen molar-refractivity contribution in [2.24, 2.45) is 0 Å². The van der Waals surface area contributed by atoms with Crippen molar-refractivity contribution in [3.05, 3.63) is 69.4 Å². The van der Waals surface area contributed by atoms with Crippen LogP contribution in [0.3, 0.4) is 0 Å². The Labute approximate surface area is 166 Å². The number of piperazine rings is 1. The number of non-ortho nitro benzene ring substituents is 1. The molecule has 8 heteroatoms. The molecule has 1 aromatic heterocycles. The molecule has 0 radical (unpaired) electrons. The molecule has 28 heavy (non-hydrogen) atoms. The van der Waals surface area contributed by atoms with Gasteiger partial charge in [0, 0.05) is 66.1 Å². The molecule has 3 aromatic rings. The Kier molecular flexibility index (Phi) is 4.92. The van der Waals surface area contributed by atoms with Crippen LogP contribution in [0.5, 0.6) is 0 Å². The van der Waals surface area contributed by atoms with Crippen LogP contribution in [0.15, 0.2) is 48.7 Å². The van der Waals surface area contributed by atoms with E-state index in [-0.39, 0.29) is 11.6 Å². The largest absolute Gasteiger partial charge is 0.368 e. The topological polar surface area (TPSA) is 82.5 Å². The van der Waals surface area contributed by atoms with Crippen molar-refractivity contribution >= 4 is 39.8 Å². The molecule has 1 fully saturated rings. The standard InChI is InChI=1S/C20H19ClN4O3/c21-15-1-6-19-18(12-15)14(13-22-19)11-20(26)24-9-7-23(8-10-24)16-2-4-17(5-3-16)25(27)28/h1-6,12-13,22H,7-11H2. The number of anilines is 1. The second-order valence-corrected chi connectivity index (χ2v) is 7.26. The third-order valence-electron chi connectivity index (χ3n) is 5.13. The zero-order valence-corrected chi connectivity index (χ0v) is 15.9. The first-order chi connectivity index (χ1) is 13.5. The highest BCUT2D eigenvalue weighted by molar-refractivity contribution is 6.31. The summed E-state index contributed by atoms with van der Waals surface area (Å²) in [5.41, 5.74) is 2.93. The molecular weight excluding hydrogens is 380 g/mol. The van der Waals surface area contributed by atoms with E-state index in [0.717, 1.165) is 22.2 Å². The first-order valence-electron chi connectivity index (χ1n) is 9.04. The number of carbonyl (C=O) groups excluding carboxylic acids is 1. The van der Waals surface area contributed by atoms with Crippen LogP contribution in [0.2, 0.25) is 5.02 Å².